The topological polar surface area (TPSA) is 68.8 Å². The van der Waals surface area contributed by atoms with Crippen molar-refractivity contribution in [2.24, 2.45) is 7.05 Å². The average Bonchev–Trinajstić information content (AvgIpc) is 3.31. The summed E-state index contributed by atoms with van der Waals surface area (Å²) < 4.78 is 3.62. The molecule has 0 unspecified atom stereocenters. The van der Waals surface area contributed by atoms with Crippen molar-refractivity contribution in [2.45, 2.75) is 26.9 Å². The molecule has 0 bridgehead atoms. The van der Waals surface area contributed by atoms with Crippen molar-refractivity contribution in [1.82, 2.24) is 29.4 Å². The Morgan fingerprint density at radius 2 is 1.97 bits per heavy atom. The molecule has 4 rings (SSSR count). The molecule has 0 radical (unpaired) electrons. The molecule has 0 aliphatic carbocycles. The molecule has 0 aliphatic rings. The van der Waals surface area contributed by atoms with Crippen LogP contribution < -0.4 is 0 Å². The number of aryl methyl sites for hydroxylation is 3. The first-order chi connectivity index (χ1) is 14.0. The van der Waals surface area contributed by atoms with Gasteiger partial charge in [0.1, 0.15) is 0 Å². The van der Waals surface area contributed by atoms with E-state index in [1.165, 1.54) is 0 Å². The van der Waals surface area contributed by atoms with E-state index in [1.807, 2.05) is 74.4 Å². The summed E-state index contributed by atoms with van der Waals surface area (Å²) in [5.41, 5.74) is 4.85. The lowest BCUT2D eigenvalue weighted by atomic mass is 10.0. The van der Waals surface area contributed by atoms with E-state index in [2.05, 4.69) is 10.2 Å². The maximum Gasteiger partial charge on any atom is 0.254 e. The lowest BCUT2D eigenvalue weighted by Gasteiger charge is -2.18. The fraction of sp³-hybridized carbons (Fsp3) is 0.273. The van der Waals surface area contributed by atoms with Crippen LogP contribution in [0.25, 0.3) is 22.2 Å². The van der Waals surface area contributed by atoms with Gasteiger partial charge in [-0.25, -0.2) is 4.98 Å². The SMILES string of the molecule is CCn1ccc(CN(C)C(=O)c2cc(-c3cn(C)nc3C)nc3ccccc23)n1. The molecule has 29 heavy (non-hydrogen) atoms. The Hall–Kier alpha value is -3.48. The van der Waals surface area contributed by atoms with Crippen molar-refractivity contribution in [3.8, 4) is 11.3 Å². The molecule has 0 fully saturated rings. The second kappa shape index (κ2) is 7.50. The maximum atomic E-state index is 13.4. The van der Waals surface area contributed by atoms with E-state index in [0.717, 1.165) is 40.1 Å². The molecule has 0 spiro atoms. The summed E-state index contributed by atoms with van der Waals surface area (Å²) in [6, 6.07) is 11.6. The van der Waals surface area contributed by atoms with Gasteiger partial charge >= 0.3 is 0 Å². The second-order valence-corrected chi connectivity index (χ2v) is 7.20. The minimum Gasteiger partial charge on any atom is -0.336 e. The lowest BCUT2D eigenvalue weighted by Crippen LogP contribution is -2.27. The molecule has 0 saturated heterocycles. The van der Waals surface area contributed by atoms with Crippen molar-refractivity contribution in [3.05, 3.63) is 65.7 Å². The molecule has 0 saturated carbocycles. The van der Waals surface area contributed by atoms with E-state index in [1.54, 1.807) is 16.6 Å². The zero-order chi connectivity index (χ0) is 20.5. The monoisotopic (exact) mass is 388 g/mol. The predicted octanol–water partition coefficient (Wildman–Crippen LogP) is 3.43. The third kappa shape index (κ3) is 3.63. The third-order valence-electron chi connectivity index (χ3n) is 5.00. The first kappa shape index (κ1) is 18.9. The zero-order valence-corrected chi connectivity index (χ0v) is 17.1. The number of carbonyl (C=O) groups excluding carboxylic acids is 1. The molecule has 148 valence electrons. The normalized spacial score (nSPS) is 11.2. The van der Waals surface area contributed by atoms with Gasteiger partial charge in [-0.05, 0) is 32.0 Å². The van der Waals surface area contributed by atoms with Crippen molar-refractivity contribution < 1.29 is 4.79 Å². The van der Waals surface area contributed by atoms with Crippen LogP contribution in [0.15, 0.2) is 48.8 Å². The van der Waals surface area contributed by atoms with Crippen LogP contribution in [0.3, 0.4) is 0 Å². The van der Waals surface area contributed by atoms with Crippen LogP contribution in [0.4, 0.5) is 0 Å². The minimum absolute atomic E-state index is 0.0579. The smallest absolute Gasteiger partial charge is 0.254 e. The fourth-order valence-corrected chi connectivity index (χ4v) is 3.53. The second-order valence-electron chi connectivity index (χ2n) is 7.20. The first-order valence-electron chi connectivity index (χ1n) is 9.64. The van der Waals surface area contributed by atoms with Crippen LogP contribution in [-0.4, -0.2) is 42.4 Å². The highest BCUT2D eigenvalue weighted by Gasteiger charge is 2.19. The van der Waals surface area contributed by atoms with Gasteiger partial charge < -0.3 is 4.90 Å². The molecule has 1 aromatic carbocycles. The van der Waals surface area contributed by atoms with Gasteiger partial charge in [-0.1, -0.05) is 18.2 Å². The van der Waals surface area contributed by atoms with Crippen LogP contribution in [0, 0.1) is 6.92 Å². The Kier molecular flexibility index (Phi) is 4.88. The number of hydrogen-bond acceptors (Lipinski definition) is 4. The summed E-state index contributed by atoms with van der Waals surface area (Å²) in [7, 11) is 3.68. The first-order valence-corrected chi connectivity index (χ1v) is 9.64. The number of fused-ring (bicyclic) bond motifs is 1. The van der Waals surface area contributed by atoms with E-state index < -0.39 is 0 Å². The van der Waals surface area contributed by atoms with Crippen molar-refractivity contribution in [1.29, 1.82) is 0 Å². The summed E-state index contributed by atoms with van der Waals surface area (Å²) in [5, 5.41) is 9.74. The van der Waals surface area contributed by atoms with E-state index in [-0.39, 0.29) is 5.91 Å². The Morgan fingerprint density at radius 1 is 1.17 bits per heavy atom. The van der Waals surface area contributed by atoms with Crippen LogP contribution in [0.2, 0.25) is 0 Å². The molecule has 1 amide bonds. The largest absolute Gasteiger partial charge is 0.336 e. The number of pyridine rings is 1. The number of amides is 1. The van der Waals surface area contributed by atoms with Gasteiger partial charge in [0.15, 0.2) is 0 Å². The Balaban J connectivity index is 1.75. The summed E-state index contributed by atoms with van der Waals surface area (Å²) in [6.45, 7) is 5.24. The van der Waals surface area contributed by atoms with Gasteiger partial charge in [-0.2, -0.15) is 10.2 Å². The molecule has 7 heteroatoms. The predicted molar refractivity (Wildman–Crippen MR) is 112 cm³/mol. The van der Waals surface area contributed by atoms with Crippen LogP contribution in [-0.2, 0) is 20.1 Å². The highest BCUT2D eigenvalue weighted by molar-refractivity contribution is 6.07. The molecule has 3 aromatic heterocycles. The van der Waals surface area contributed by atoms with Crippen LogP contribution in [0.1, 0.15) is 28.7 Å². The summed E-state index contributed by atoms with van der Waals surface area (Å²) in [6.07, 6.45) is 3.86. The summed E-state index contributed by atoms with van der Waals surface area (Å²) in [4.78, 5) is 19.8. The summed E-state index contributed by atoms with van der Waals surface area (Å²) >= 11 is 0. The Labute approximate surface area is 169 Å². The Morgan fingerprint density at radius 3 is 2.66 bits per heavy atom. The van der Waals surface area contributed by atoms with Gasteiger partial charge in [0.25, 0.3) is 5.91 Å². The third-order valence-corrected chi connectivity index (χ3v) is 5.00. The minimum atomic E-state index is -0.0579. The number of hydrogen-bond donors (Lipinski definition) is 0. The highest BCUT2D eigenvalue weighted by Crippen LogP contribution is 2.27. The number of nitrogens with zero attached hydrogens (tertiary/aromatic N) is 6. The van der Waals surface area contributed by atoms with Gasteiger partial charge in [-0.3, -0.25) is 14.2 Å². The van der Waals surface area contributed by atoms with E-state index in [0.29, 0.717) is 12.1 Å². The van der Waals surface area contributed by atoms with Crippen molar-refractivity contribution in [2.75, 3.05) is 7.05 Å². The maximum absolute atomic E-state index is 13.4. The van der Waals surface area contributed by atoms with E-state index in [4.69, 9.17) is 4.98 Å². The molecule has 4 aromatic rings. The number of para-hydroxylation sites is 1. The average molecular weight is 388 g/mol. The zero-order valence-electron chi connectivity index (χ0n) is 17.1. The molecule has 0 atom stereocenters. The van der Waals surface area contributed by atoms with Crippen LogP contribution >= 0.6 is 0 Å². The number of benzene rings is 1. The van der Waals surface area contributed by atoms with Crippen molar-refractivity contribution in [3.63, 3.8) is 0 Å². The quantitative estimate of drug-likeness (QED) is 0.525. The summed E-state index contributed by atoms with van der Waals surface area (Å²) in [5.74, 6) is -0.0579. The van der Waals surface area contributed by atoms with Crippen molar-refractivity contribution >= 4 is 16.8 Å². The van der Waals surface area contributed by atoms with Gasteiger partial charge in [0.05, 0.1) is 34.7 Å². The molecule has 3 heterocycles. The standard InChI is InChI=1S/C22H24N6O/c1-5-28-11-10-16(25-28)13-26(3)22(29)18-12-21(19-14-27(4)24-15(19)2)23-20-9-7-6-8-17(18)20/h6-12,14H,5,13H2,1-4H3. The molecular weight excluding hydrogens is 364 g/mol. The van der Waals surface area contributed by atoms with E-state index in [9.17, 15) is 4.79 Å². The Bertz CT molecular complexity index is 1190. The number of carbonyl (C=O) groups is 1. The molecular formula is C22H24N6O. The van der Waals surface area contributed by atoms with Gasteiger partial charge in [0.2, 0.25) is 0 Å². The van der Waals surface area contributed by atoms with Gasteiger partial charge in [-0.15, -0.1) is 0 Å². The lowest BCUT2D eigenvalue weighted by molar-refractivity contribution is 0.0785. The van der Waals surface area contributed by atoms with Gasteiger partial charge in [0, 0.05) is 44.0 Å². The van der Waals surface area contributed by atoms with E-state index >= 15 is 0 Å². The fourth-order valence-electron chi connectivity index (χ4n) is 3.53. The molecule has 0 N–H and O–H groups in total. The number of rotatable bonds is 5. The molecule has 0 aliphatic heterocycles. The number of aromatic nitrogens is 5. The van der Waals surface area contributed by atoms with Crippen LogP contribution in [0.5, 0.6) is 0 Å². The molecule has 7 nitrogen and oxygen atoms in total. The highest BCUT2D eigenvalue weighted by atomic mass is 16.2.